The van der Waals surface area contributed by atoms with E-state index in [1.165, 1.54) is 10.9 Å². The predicted octanol–water partition coefficient (Wildman–Crippen LogP) is 2.37. The Bertz CT molecular complexity index is 939. The summed E-state index contributed by atoms with van der Waals surface area (Å²) in [5.41, 5.74) is 5.39. The Morgan fingerprint density at radius 3 is 2.26 bits per heavy atom. The molecule has 0 saturated carbocycles. The number of aromatic nitrogens is 2. The molecule has 3 rings (SSSR count). The number of amides is 2. The SMILES string of the molecule is CC(C)(C)OC(=O)NC1CCN(c2ccc(-n3cc([N+](=O)[O-])c(C(N)=O)n3)cc2)CC1. The Morgan fingerprint density at radius 1 is 1.19 bits per heavy atom. The van der Waals surface area contributed by atoms with Crippen LogP contribution in [0.15, 0.2) is 30.5 Å². The van der Waals surface area contributed by atoms with E-state index in [1.807, 2.05) is 32.9 Å². The van der Waals surface area contributed by atoms with Crippen molar-refractivity contribution in [1.82, 2.24) is 15.1 Å². The summed E-state index contributed by atoms with van der Waals surface area (Å²) in [6.07, 6.45) is 2.34. The zero-order chi connectivity index (χ0) is 22.8. The molecule has 0 radical (unpaired) electrons. The number of carbonyl (C=O) groups excluding carboxylic acids is 2. The molecule has 0 atom stereocenters. The number of anilines is 1. The van der Waals surface area contributed by atoms with E-state index in [2.05, 4.69) is 15.3 Å². The number of primary amides is 1. The normalized spacial score (nSPS) is 14.9. The van der Waals surface area contributed by atoms with E-state index in [4.69, 9.17) is 10.5 Å². The van der Waals surface area contributed by atoms with Crippen molar-refractivity contribution in [3.05, 3.63) is 46.3 Å². The fraction of sp³-hybridized carbons (Fsp3) is 0.450. The molecule has 1 fully saturated rings. The first-order valence-corrected chi connectivity index (χ1v) is 9.92. The maximum Gasteiger partial charge on any atom is 0.407 e. The lowest BCUT2D eigenvalue weighted by Crippen LogP contribution is -2.46. The molecular weight excluding hydrogens is 404 g/mol. The van der Waals surface area contributed by atoms with Crippen LogP contribution in [0.2, 0.25) is 0 Å². The molecule has 1 aromatic carbocycles. The molecule has 0 bridgehead atoms. The Kier molecular flexibility index (Phi) is 6.14. The van der Waals surface area contributed by atoms with Crippen molar-refractivity contribution in [2.24, 2.45) is 5.73 Å². The Hall–Kier alpha value is -3.63. The van der Waals surface area contributed by atoms with Gasteiger partial charge in [0.2, 0.25) is 5.69 Å². The van der Waals surface area contributed by atoms with Crippen LogP contribution in [0, 0.1) is 10.1 Å². The van der Waals surface area contributed by atoms with Crippen LogP contribution >= 0.6 is 0 Å². The first kappa shape index (κ1) is 22.1. The largest absolute Gasteiger partial charge is 0.444 e. The van der Waals surface area contributed by atoms with Crippen LogP contribution in [-0.4, -0.2) is 51.4 Å². The van der Waals surface area contributed by atoms with Gasteiger partial charge in [-0.25, -0.2) is 9.48 Å². The first-order valence-electron chi connectivity index (χ1n) is 9.92. The van der Waals surface area contributed by atoms with Gasteiger partial charge in [-0.05, 0) is 57.9 Å². The van der Waals surface area contributed by atoms with Gasteiger partial charge >= 0.3 is 11.8 Å². The van der Waals surface area contributed by atoms with Gasteiger partial charge in [0.1, 0.15) is 11.8 Å². The van der Waals surface area contributed by atoms with Gasteiger partial charge in [-0.15, -0.1) is 0 Å². The molecule has 0 unspecified atom stereocenters. The second-order valence-electron chi connectivity index (χ2n) is 8.35. The van der Waals surface area contributed by atoms with E-state index in [0.717, 1.165) is 31.6 Å². The van der Waals surface area contributed by atoms with Gasteiger partial charge in [0.15, 0.2) is 0 Å². The highest BCUT2D eigenvalue weighted by atomic mass is 16.6. The van der Waals surface area contributed by atoms with Crippen LogP contribution in [0.25, 0.3) is 5.69 Å². The molecule has 3 N–H and O–H groups in total. The minimum absolute atomic E-state index is 0.0576. The standard InChI is InChI=1S/C20H26N6O5/c1-20(2,3)31-19(28)22-13-8-10-24(11-9-13)14-4-6-15(7-5-14)25-12-16(26(29)30)17(23-25)18(21)27/h4-7,12-13H,8-11H2,1-3H3,(H2,21,27)(H,22,28). The lowest BCUT2D eigenvalue weighted by molar-refractivity contribution is -0.385. The Balaban J connectivity index is 1.62. The molecule has 1 saturated heterocycles. The summed E-state index contributed by atoms with van der Waals surface area (Å²) in [5, 5.41) is 17.9. The average molecular weight is 430 g/mol. The van der Waals surface area contributed by atoms with E-state index >= 15 is 0 Å². The van der Waals surface area contributed by atoms with E-state index in [1.54, 1.807) is 12.1 Å². The van der Waals surface area contributed by atoms with Crippen LogP contribution < -0.4 is 16.0 Å². The second kappa shape index (κ2) is 8.62. The molecule has 1 aliphatic rings. The van der Waals surface area contributed by atoms with Gasteiger partial charge in [-0.1, -0.05) is 0 Å². The van der Waals surface area contributed by atoms with Crippen LogP contribution in [0.1, 0.15) is 44.1 Å². The summed E-state index contributed by atoms with van der Waals surface area (Å²) in [5.74, 6) is -0.954. The number of rotatable bonds is 5. The lowest BCUT2D eigenvalue weighted by Gasteiger charge is -2.34. The number of nitrogens with one attached hydrogen (secondary N) is 1. The average Bonchev–Trinajstić information content (AvgIpc) is 3.13. The molecule has 166 valence electrons. The van der Waals surface area contributed by atoms with E-state index in [0.29, 0.717) is 5.69 Å². The minimum Gasteiger partial charge on any atom is -0.444 e. The maximum atomic E-state index is 11.9. The summed E-state index contributed by atoms with van der Waals surface area (Å²) >= 11 is 0. The number of nitrogens with zero attached hydrogens (tertiary/aromatic N) is 4. The third kappa shape index (κ3) is 5.50. The van der Waals surface area contributed by atoms with Crippen LogP contribution in [0.4, 0.5) is 16.2 Å². The van der Waals surface area contributed by atoms with Gasteiger partial charge in [-0.2, -0.15) is 5.10 Å². The van der Waals surface area contributed by atoms with Gasteiger partial charge in [0.05, 0.1) is 10.6 Å². The number of hydrogen-bond acceptors (Lipinski definition) is 7. The summed E-state index contributed by atoms with van der Waals surface area (Å²) in [4.78, 5) is 35.9. The third-order valence-corrected chi connectivity index (χ3v) is 4.82. The number of nitrogens with two attached hydrogens (primary N) is 1. The summed E-state index contributed by atoms with van der Waals surface area (Å²) in [7, 11) is 0. The van der Waals surface area contributed by atoms with Crippen LogP contribution in [-0.2, 0) is 4.74 Å². The van der Waals surface area contributed by atoms with Crippen molar-refractivity contribution in [2.75, 3.05) is 18.0 Å². The van der Waals surface area contributed by atoms with E-state index in [-0.39, 0.29) is 11.7 Å². The lowest BCUT2D eigenvalue weighted by atomic mass is 10.0. The smallest absolute Gasteiger partial charge is 0.407 e. The van der Waals surface area contributed by atoms with Crippen molar-refractivity contribution < 1.29 is 19.2 Å². The van der Waals surface area contributed by atoms with Gasteiger partial charge < -0.3 is 20.7 Å². The molecule has 2 aromatic rings. The Morgan fingerprint density at radius 2 is 1.77 bits per heavy atom. The number of hydrogen-bond donors (Lipinski definition) is 2. The molecule has 2 heterocycles. The number of ether oxygens (including phenoxy) is 1. The van der Waals surface area contributed by atoms with E-state index in [9.17, 15) is 19.7 Å². The molecule has 0 spiro atoms. The first-order chi connectivity index (χ1) is 14.5. The molecule has 0 aliphatic carbocycles. The topological polar surface area (TPSA) is 146 Å². The van der Waals surface area contributed by atoms with Crippen molar-refractivity contribution >= 4 is 23.4 Å². The number of nitro groups is 1. The molecule has 31 heavy (non-hydrogen) atoms. The highest BCUT2D eigenvalue weighted by Crippen LogP contribution is 2.24. The van der Waals surface area contributed by atoms with Gasteiger partial charge in [0.25, 0.3) is 5.91 Å². The number of benzene rings is 1. The van der Waals surface area contributed by atoms with Crippen molar-refractivity contribution in [2.45, 2.75) is 45.3 Å². The molecule has 11 heteroatoms. The number of carbonyl (C=O) groups is 2. The predicted molar refractivity (Wildman–Crippen MR) is 113 cm³/mol. The summed E-state index contributed by atoms with van der Waals surface area (Å²) in [6, 6.07) is 7.36. The van der Waals surface area contributed by atoms with E-state index < -0.39 is 28.2 Å². The van der Waals surface area contributed by atoms with Gasteiger partial charge in [-0.3, -0.25) is 14.9 Å². The summed E-state index contributed by atoms with van der Waals surface area (Å²) in [6.45, 7) is 7.01. The van der Waals surface area contributed by atoms with Gasteiger partial charge in [0, 0.05) is 24.8 Å². The Labute approximate surface area is 179 Å². The van der Waals surface area contributed by atoms with Crippen molar-refractivity contribution in [3.63, 3.8) is 0 Å². The quantitative estimate of drug-likeness (QED) is 0.547. The number of alkyl carbamates (subject to hydrolysis) is 1. The molecular formula is C20H26N6O5. The fourth-order valence-electron chi connectivity index (χ4n) is 3.38. The second-order valence-corrected chi connectivity index (χ2v) is 8.35. The number of piperidine rings is 1. The highest BCUT2D eigenvalue weighted by Gasteiger charge is 2.25. The minimum atomic E-state index is -0.954. The molecule has 1 aliphatic heterocycles. The maximum absolute atomic E-state index is 11.9. The third-order valence-electron chi connectivity index (χ3n) is 4.82. The van der Waals surface area contributed by atoms with Crippen LogP contribution in [0.3, 0.4) is 0 Å². The monoisotopic (exact) mass is 430 g/mol. The fourth-order valence-corrected chi connectivity index (χ4v) is 3.38. The zero-order valence-corrected chi connectivity index (χ0v) is 17.7. The highest BCUT2D eigenvalue weighted by molar-refractivity contribution is 5.94. The molecule has 2 amide bonds. The summed E-state index contributed by atoms with van der Waals surface area (Å²) < 4.78 is 6.57. The molecule has 1 aromatic heterocycles. The zero-order valence-electron chi connectivity index (χ0n) is 17.7. The van der Waals surface area contributed by atoms with Crippen LogP contribution in [0.5, 0.6) is 0 Å². The van der Waals surface area contributed by atoms with Crippen molar-refractivity contribution in [1.29, 1.82) is 0 Å². The molecule has 11 nitrogen and oxygen atoms in total. The van der Waals surface area contributed by atoms with Crippen molar-refractivity contribution in [3.8, 4) is 5.69 Å².